The number of cyclic esters (lactones) is 1. The maximum absolute atomic E-state index is 13.4. The van der Waals surface area contributed by atoms with Crippen molar-refractivity contribution in [2.24, 2.45) is 34.0 Å². The highest BCUT2D eigenvalue weighted by Crippen LogP contribution is 2.73. The molecule has 3 aliphatic carbocycles. The van der Waals surface area contributed by atoms with E-state index < -0.39 is 46.6 Å². The Hall–Kier alpha value is -3.27. The zero-order valence-corrected chi connectivity index (χ0v) is 26.5. The Morgan fingerprint density at radius 1 is 1.13 bits per heavy atom. The van der Waals surface area contributed by atoms with E-state index in [9.17, 15) is 19.5 Å². The van der Waals surface area contributed by atoms with Crippen LogP contribution in [0.25, 0.3) is 6.08 Å². The quantitative estimate of drug-likeness (QED) is 0.217. The van der Waals surface area contributed by atoms with Crippen molar-refractivity contribution in [3.63, 3.8) is 0 Å². The number of rotatable bonds is 6. The van der Waals surface area contributed by atoms with Gasteiger partial charge in [0.1, 0.15) is 12.7 Å². The molecule has 9 heteroatoms. The Morgan fingerprint density at radius 2 is 1.89 bits per heavy atom. The number of fused-ring (bicyclic) bond motifs is 4. The summed E-state index contributed by atoms with van der Waals surface area (Å²) in [6.07, 6.45) is 3.33. The summed E-state index contributed by atoms with van der Waals surface area (Å²) < 4.78 is 30.4. The summed E-state index contributed by atoms with van der Waals surface area (Å²) in [5, 5.41) is 11.6. The summed E-state index contributed by atoms with van der Waals surface area (Å²) in [5.74, 6) is -1.95. The molecule has 6 aliphatic rings. The molecule has 3 heterocycles. The molecular weight excluding hydrogens is 576 g/mol. The molecule has 2 saturated heterocycles. The second-order valence-electron chi connectivity index (χ2n) is 14.3. The van der Waals surface area contributed by atoms with E-state index in [0.29, 0.717) is 18.6 Å². The molecule has 0 radical (unpaired) electrons. The standard InChI is InChI=1S/C36H42O9/c1-19-22(21-13-14-42-33(21)40)15-23-29(19)36(4)24(16-28(39)41-5)35(3)26(45-27(38)12-11-20-9-7-6-8-10-20)17-25(37)34(2)18-43-30(31(34)35)32(36)44-23/h6-13,22-26,30-32,37H,14-18H2,1-5H3/b12-11+/t22-,23-,24-,25-,26+,30-,31+,32-,34-,35+,36-/m1/s1. The van der Waals surface area contributed by atoms with Crippen LogP contribution in [0.1, 0.15) is 52.5 Å². The third-order valence-electron chi connectivity index (χ3n) is 12.4. The molecule has 0 aromatic heterocycles. The van der Waals surface area contributed by atoms with Crippen molar-refractivity contribution >= 4 is 24.0 Å². The van der Waals surface area contributed by atoms with Crippen LogP contribution in [0.3, 0.4) is 0 Å². The van der Waals surface area contributed by atoms with E-state index >= 15 is 0 Å². The molecule has 45 heavy (non-hydrogen) atoms. The minimum atomic E-state index is -0.792. The van der Waals surface area contributed by atoms with Gasteiger partial charge in [0.25, 0.3) is 0 Å². The number of aliphatic hydroxyl groups is 1. The van der Waals surface area contributed by atoms with Crippen LogP contribution >= 0.6 is 0 Å². The maximum Gasteiger partial charge on any atom is 0.334 e. The number of hydrogen-bond donors (Lipinski definition) is 1. The summed E-state index contributed by atoms with van der Waals surface area (Å²) in [6.45, 7) is 8.95. The van der Waals surface area contributed by atoms with E-state index in [2.05, 4.69) is 20.8 Å². The van der Waals surface area contributed by atoms with E-state index in [1.54, 1.807) is 6.08 Å². The molecule has 11 atom stereocenters. The Bertz CT molecular complexity index is 1510. The van der Waals surface area contributed by atoms with Crippen molar-refractivity contribution in [1.82, 2.24) is 0 Å². The zero-order chi connectivity index (χ0) is 31.9. The molecular formula is C36H42O9. The lowest BCUT2D eigenvalue weighted by molar-refractivity contribution is -0.248. The van der Waals surface area contributed by atoms with Gasteiger partial charge in [-0.1, -0.05) is 56.7 Å². The van der Waals surface area contributed by atoms with Gasteiger partial charge in [0, 0.05) is 52.6 Å². The smallest absolute Gasteiger partial charge is 0.334 e. The van der Waals surface area contributed by atoms with Crippen LogP contribution in [0.2, 0.25) is 0 Å². The molecule has 4 fully saturated rings. The third-order valence-corrected chi connectivity index (χ3v) is 12.4. The van der Waals surface area contributed by atoms with Crippen LogP contribution in [-0.4, -0.2) is 73.9 Å². The van der Waals surface area contributed by atoms with Gasteiger partial charge in [-0.15, -0.1) is 0 Å². The minimum absolute atomic E-state index is 0.0750. The van der Waals surface area contributed by atoms with Gasteiger partial charge < -0.3 is 28.8 Å². The van der Waals surface area contributed by atoms with Crippen LogP contribution < -0.4 is 0 Å². The molecule has 9 nitrogen and oxygen atoms in total. The highest BCUT2D eigenvalue weighted by molar-refractivity contribution is 5.92. The fraction of sp³-hybridized carbons (Fsp3) is 0.583. The average Bonchev–Trinajstić information content (AvgIpc) is 3.76. The van der Waals surface area contributed by atoms with Crippen molar-refractivity contribution in [3.05, 3.63) is 64.8 Å². The molecule has 1 N–H and O–H groups in total. The highest BCUT2D eigenvalue weighted by Gasteiger charge is 2.78. The number of ether oxygens (including phenoxy) is 5. The molecule has 1 aromatic rings. The van der Waals surface area contributed by atoms with Gasteiger partial charge in [0.15, 0.2) is 0 Å². The normalized spacial score (nSPS) is 43.1. The van der Waals surface area contributed by atoms with Crippen LogP contribution in [0.5, 0.6) is 0 Å². The first-order valence-corrected chi connectivity index (χ1v) is 16.0. The van der Waals surface area contributed by atoms with Crippen LogP contribution in [0.15, 0.2) is 59.2 Å². The SMILES string of the molecule is COC(=O)C[C@H]1[C@]2(C)C3=C(C)[C@H](C4=CCOC4=O)C[C@H]3O[C@@H]2[C@@H]2OC[C@]3(C)[C@H](O)C[C@H](OC(=O)/C=C/c4ccccc4)[C@@]1(C)[C@@H]23. The average molecular weight is 619 g/mol. The van der Waals surface area contributed by atoms with Gasteiger partial charge in [0.2, 0.25) is 0 Å². The van der Waals surface area contributed by atoms with Gasteiger partial charge in [-0.3, -0.25) is 4.79 Å². The van der Waals surface area contributed by atoms with E-state index in [1.165, 1.54) is 13.2 Å². The van der Waals surface area contributed by atoms with Crippen LogP contribution in [0, 0.1) is 34.0 Å². The Kier molecular flexibility index (Phi) is 7.19. The van der Waals surface area contributed by atoms with Gasteiger partial charge in [0.05, 0.1) is 38.1 Å². The second-order valence-corrected chi connectivity index (χ2v) is 14.3. The maximum atomic E-state index is 13.4. The molecule has 3 aliphatic heterocycles. The van der Waals surface area contributed by atoms with Crippen molar-refractivity contribution < 1.29 is 43.2 Å². The summed E-state index contributed by atoms with van der Waals surface area (Å²) >= 11 is 0. The molecule has 0 amide bonds. The van der Waals surface area contributed by atoms with E-state index in [4.69, 9.17) is 23.7 Å². The third kappa shape index (κ3) is 4.26. The van der Waals surface area contributed by atoms with Gasteiger partial charge in [-0.2, -0.15) is 0 Å². The number of aliphatic hydroxyl groups excluding tert-OH is 1. The molecule has 1 aromatic carbocycles. The first-order valence-electron chi connectivity index (χ1n) is 16.0. The predicted octanol–water partition coefficient (Wildman–Crippen LogP) is 4.19. The minimum Gasteiger partial charge on any atom is -0.469 e. The Labute approximate surface area is 263 Å². The molecule has 0 bridgehead atoms. The van der Waals surface area contributed by atoms with Crippen molar-refractivity contribution in [3.8, 4) is 0 Å². The largest absolute Gasteiger partial charge is 0.469 e. The number of hydrogen-bond acceptors (Lipinski definition) is 9. The van der Waals surface area contributed by atoms with Gasteiger partial charge in [-0.25, -0.2) is 9.59 Å². The molecule has 0 spiro atoms. The summed E-state index contributed by atoms with van der Waals surface area (Å²) in [5.41, 5.74) is 1.54. The number of benzene rings is 1. The summed E-state index contributed by atoms with van der Waals surface area (Å²) in [4.78, 5) is 39.3. The van der Waals surface area contributed by atoms with Crippen molar-refractivity contribution in [2.75, 3.05) is 20.3 Å². The lowest BCUT2D eigenvalue weighted by atomic mass is 9.40. The van der Waals surface area contributed by atoms with Crippen molar-refractivity contribution in [1.29, 1.82) is 0 Å². The highest BCUT2D eigenvalue weighted by atomic mass is 16.6. The topological polar surface area (TPSA) is 118 Å². The Morgan fingerprint density at radius 3 is 2.58 bits per heavy atom. The van der Waals surface area contributed by atoms with E-state index in [-0.39, 0.29) is 55.2 Å². The van der Waals surface area contributed by atoms with Gasteiger partial charge >= 0.3 is 17.9 Å². The first-order chi connectivity index (χ1) is 21.4. The molecule has 7 rings (SSSR count). The molecule has 0 unspecified atom stereocenters. The monoisotopic (exact) mass is 618 g/mol. The Balaban J connectivity index is 1.34. The lowest BCUT2D eigenvalue weighted by Crippen LogP contribution is -2.70. The van der Waals surface area contributed by atoms with Crippen LogP contribution in [-0.2, 0) is 38.1 Å². The number of methoxy groups -OCH3 is 1. The molecule has 2 saturated carbocycles. The number of carbonyl (C=O) groups excluding carboxylic acids is 3. The molecule has 240 valence electrons. The summed E-state index contributed by atoms with van der Waals surface area (Å²) in [7, 11) is 1.39. The lowest BCUT2D eigenvalue weighted by Gasteiger charge is -2.65. The zero-order valence-electron chi connectivity index (χ0n) is 26.5. The van der Waals surface area contributed by atoms with E-state index in [1.807, 2.05) is 43.3 Å². The fourth-order valence-corrected chi connectivity index (χ4v) is 10.4. The number of allylic oxidation sites excluding steroid dienone is 1. The number of carbonyl (C=O) groups is 3. The fourth-order valence-electron chi connectivity index (χ4n) is 10.4. The van der Waals surface area contributed by atoms with Gasteiger partial charge in [-0.05, 0) is 42.6 Å². The second kappa shape index (κ2) is 10.6. The van der Waals surface area contributed by atoms with E-state index in [0.717, 1.165) is 16.7 Å². The summed E-state index contributed by atoms with van der Waals surface area (Å²) in [6, 6.07) is 9.51. The predicted molar refractivity (Wildman–Crippen MR) is 162 cm³/mol. The first kappa shape index (κ1) is 30.4. The van der Waals surface area contributed by atoms with Crippen LogP contribution in [0.4, 0.5) is 0 Å². The number of esters is 3. The van der Waals surface area contributed by atoms with Crippen molar-refractivity contribution in [2.45, 2.75) is 77.5 Å².